The van der Waals surface area contributed by atoms with Crippen molar-refractivity contribution in [2.45, 2.75) is 31.8 Å². The maximum absolute atomic E-state index is 5.88. The van der Waals surface area contributed by atoms with Crippen LogP contribution in [-0.2, 0) is 6.54 Å². The summed E-state index contributed by atoms with van der Waals surface area (Å²) >= 11 is 5.88. The molecule has 0 aromatic carbocycles. The molecule has 2 aliphatic rings. The molecule has 2 heterocycles. The number of likely N-dealkylation sites (tertiary alicyclic amines) is 1. The predicted molar refractivity (Wildman–Crippen MR) is 60.8 cm³/mol. The Labute approximate surface area is 95.3 Å². The molecule has 1 aliphatic carbocycles. The van der Waals surface area contributed by atoms with E-state index in [0.29, 0.717) is 5.15 Å². The summed E-state index contributed by atoms with van der Waals surface area (Å²) in [6.07, 6.45) is 6.05. The number of piperidine rings is 1. The minimum Gasteiger partial charge on any atom is -0.296 e. The zero-order chi connectivity index (χ0) is 10.3. The second kappa shape index (κ2) is 3.76. The Kier molecular flexibility index (Phi) is 2.41. The van der Waals surface area contributed by atoms with Gasteiger partial charge in [0.05, 0.1) is 0 Å². The van der Waals surface area contributed by atoms with Crippen LogP contribution in [0.1, 0.15) is 24.8 Å². The van der Waals surface area contributed by atoms with Crippen LogP contribution in [0.25, 0.3) is 0 Å². The van der Waals surface area contributed by atoms with Gasteiger partial charge in [0.25, 0.3) is 0 Å². The average Bonchev–Trinajstić information content (AvgIpc) is 2.79. The van der Waals surface area contributed by atoms with E-state index in [4.69, 9.17) is 11.6 Å². The van der Waals surface area contributed by atoms with Crippen molar-refractivity contribution in [2.75, 3.05) is 6.54 Å². The van der Waals surface area contributed by atoms with E-state index in [0.717, 1.165) is 18.5 Å². The summed E-state index contributed by atoms with van der Waals surface area (Å²) in [5, 5.41) is 0.608. The van der Waals surface area contributed by atoms with Crippen LogP contribution < -0.4 is 0 Å². The fraction of sp³-hybridized carbons (Fsp3) is 0.583. The lowest BCUT2D eigenvalue weighted by Gasteiger charge is -2.26. The van der Waals surface area contributed by atoms with Crippen molar-refractivity contribution < 1.29 is 0 Å². The van der Waals surface area contributed by atoms with Gasteiger partial charge in [-0.1, -0.05) is 11.6 Å². The number of hydrogen-bond acceptors (Lipinski definition) is 2. The smallest absolute Gasteiger partial charge is 0.129 e. The van der Waals surface area contributed by atoms with Crippen LogP contribution in [0.15, 0.2) is 18.3 Å². The van der Waals surface area contributed by atoms with Gasteiger partial charge in [-0.2, -0.15) is 0 Å². The van der Waals surface area contributed by atoms with Gasteiger partial charge in [-0.05, 0) is 42.9 Å². The van der Waals surface area contributed by atoms with Crippen molar-refractivity contribution in [3.8, 4) is 0 Å². The summed E-state index contributed by atoms with van der Waals surface area (Å²) in [6.45, 7) is 2.33. The number of nitrogens with zero attached hydrogens (tertiary/aromatic N) is 2. The van der Waals surface area contributed by atoms with E-state index in [9.17, 15) is 0 Å². The SMILES string of the molecule is Clc1cc(CN2CC3CCC2C3)ccn1. The van der Waals surface area contributed by atoms with E-state index in [2.05, 4.69) is 16.0 Å². The molecule has 1 aromatic heterocycles. The third kappa shape index (κ3) is 1.88. The quantitative estimate of drug-likeness (QED) is 0.716. The lowest BCUT2D eigenvalue weighted by molar-refractivity contribution is 0.205. The van der Waals surface area contributed by atoms with Crippen molar-refractivity contribution in [3.63, 3.8) is 0 Å². The number of rotatable bonds is 2. The molecule has 0 spiro atoms. The van der Waals surface area contributed by atoms with Crippen molar-refractivity contribution in [1.82, 2.24) is 9.88 Å². The maximum Gasteiger partial charge on any atom is 0.129 e. The van der Waals surface area contributed by atoms with Crippen molar-refractivity contribution in [2.24, 2.45) is 5.92 Å². The van der Waals surface area contributed by atoms with Gasteiger partial charge >= 0.3 is 0 Å². The van der Waals surface area contributed by atoms with Gasteiger partial charge < -0.3 is 0 Å². The first-order valence-corrected chi connectivity index (χ1v) is 6.03. The van der Waals surface area contributed by atoms with E-state index in [1.54, 1.807) is 6.20 Å². The van der Waals surface area contributed by atoms with E-state index < -0.39 is 0 Å². The Morgan fingerprint density at radius 3 is 3.07 bits per heavy atom. The van der Waals surface area contributed by atoms with E-state index in [-0.39, 0.29) is 0 Å². The lowest BCUT2D eigenvalue weighted by Crippen LogP contribution is -2.31. The van der Waals surface area contributed by atoms with Crippen LogP contribution in [0, 0.1) is 5.92 Å². The molecule has 3 heteroatoms. The number of halogens is 1. The molecule has 0 radical (unpaired) electrons. The molecule has 2 bridgehead atoms. The molecule has 2 fully saturated rings. The molecule has 0 amide bonds. The largest absolute Gasteiger partial charge is 0.296 e. The van der Waals surface area contributed by atoms with Gasteiger partial charge in [-0.25, -0.2) is 4.98 Å². The molecule has 3 rings (SSSR count). The summed E-state index contributed by atoms with van der Waals surface area (Å²) in [5.74, 6) is 0.965. The van der Waals surface area contributed by atoms with Crippen LogP contribution in [-0.4, -0.2) is 22.5 Å². The molecular formula is C12H15ClN2. The maximum atomic E-state index is 5.88. The number of pyridine rings is 1. The van der Waals surface area contributed by atoms with Crippen LogP contribution >= 0.6 is 11.6 Å². The van der Waals surface area contributed by atoms with Crippen LogP contribution in [0.2, 0.25) is 5.15 Å². The Morgan fingerprint density at radius 2 is 2.40 bits per heavy atom. The second-order valence-electron chi connectivity index (χ2n) is 4.75. The molecule has 1 saturated heterocycles. The number of aromatic nitrogens is 1. The van der Waals surface area contributed by atoms with Crippen molar-refractivity contribution in [3.05, 3.63) is 29.0 Å². The lowest BCUT2D eigenvalue weighted by atomic mass is 10.1. The summed E-state index contributed by atoms with van der Waals surface area (Å²) in [6, 6.07) is 4.88. The summed E-state index contributed by atoms with van der Waals surface area (Å²) in [5.41, 5.74) is 1.29. The van der Waals surface area contributed by atoms with Crippen LogP contribution in [0.5, 0.6) is 0 Å². The molecule has 80 valence electrons. The van der Waals surface area contributed by atoms with Gasteiger partial charge in [0.2, 0.25) is 0 Å². The highest BCUT2D eigenvalue weighted by Crippen LogP contribution is 2.38. The average molecular weight is 223 g/mol. The van der Waals surface area contributed by atoms with Gasteiger partial charge in [-0.3, -0.25) is 4.90 Å². The highest BCUT2D eigenvalue weighted by molar-refractivity contribution is 6.29. The first kappa shape index (κ1) is 9.61. The summed E-state index contributed by atoms with van der Waals surface area (Å²) in [4.78, 5) is 6.61. The standard InChI is InChI=1S/C12H15ClN2/c13-12-6-10(3-4-14-12)8-15-7-9-1-2-11(15)5-9/h3-4,6,9,11H,1-2,5,7-8H2. The third-order valence-electron chi connectivity index (χ3n) is 3.70. The normalized spacial score (nSPS) is 29.9. The number of hydrogen-bond donors (Lipinski definition) is 0. The minimum absolute atomic E-state index is 0.608. The molecule has 1 aromatic rings. The minimum atomic E-state index is 0.608. The molecule has 1 aliphatic heterocycles. The molecule has 0 N–H and O–H groups in total. The predicted octanol–water partition coefficient (Wildman–Crippen LogP) is 2.72. The fourth-order valence-electron chi connectivity index (χ4n) is 3.00. The van der Waals surface area contributed by atoms with Gasteiger partial charge in [0, 0.05) is 25.3 Å². The van der Waals surface area contributed by atoms with E-state index in [1.165, 1.54) is 31.4 Å². The molecule has 2 unspecified atom stereocenters. The zero-order valence-electron chi connectivity index (χ0n) is 8.69. The van der Waals surface area contributed by atoms with E-state index in [1.807, 2.05) is 6.07 Å². The number of fused-ring (bicyclic) bond motifs is 2. The molecular weight excluding hydrogens is 208 g/mol. The Hall–Kier alpha value is -0.600. The topological polar surface area (TPSA) is 16.1 Å². The highest BCUT2D eigenvalue weighted by Gasteiger charge is 2.37. The Bertz CT molecular complexity index is 366. The first-order valence-electron chi connectivity index (χ1n) is 5.66. The third-order valence-corrected chi connectivity index (χ3v) is 3.91. The van der Waals surface area contributed by atoms with Gasteiger partial charge in [0.1, 0.15) is 5.15 Å². The highest BCUT2D eigenvalue weighted by atomic mass is 35.5. The molecule has 2 atom stereocenters. The van der Waals surface area contributed by atoms with Crippen molar-refractivity contribution >= 4 is 11.6 Å². The zero-order valence-corrected chi connectivity index (χ0v) is 9.45. The summed E-state index contributed by atoms with van der Waals surface area (Å²) in [7, 11) is 0. The molecule has 15 heavy (non-hydrogen) atoms. The first-order chi connectivity index (χ1) is 7.31. The Balaban J connectivity index is 1.71. The molecule has 2 nitrogen and oxygen atoms in total. The van der Waals surface area contributed by atoms with Gasteiger partial charge in [0.15, 0.2) is 0 Å². The second-order valence-corrected chi connectivity index (χ2v) is 5.14. The van der Waals surface area contributed by atoms with E-state index >= 15 is 0 Å². The summed E-state index contributed by atoms with van der Waals surface area (Å²) < 4.78 is 0. The van der Waals surface area contributed by atoms with Gasteiger partial charge in [-0.15, -0.1) is 0 Å². The Morgan fingerprint density at radius 1 is 1.47 bits per heavy atom. The molecule has 1 saturated carbocycles. The van der Waals surface area contributed by atoms with Crippen LogP contribution in [0.3, 0.4) is 0 Å². The monoisotopic (exact) mass is 222 g/mol. The fourth-order valence-corrected chi connectivity index (χ4v) is 3.19. The van der Waals surface area contributed by atoms with Crippen LogP contribution in [0.4, 0.5) is 0 Å². The van der Waals surface area contributed by atoms with Crippen molar-refractivity contribution in [1.29, 1.82) is 0 Å².